The van der Waals surface area contributed by atoms with Gasteiger partial charge in [0.25, 0.3) is 5.91 Å². The second-order valence-corrected chi connectivity index (χ2v) is 9.68. The van der Waals surface area contributed by atoms with Gasteiger partial charge in [0.1, 0.15) is 28.7 Å². The molecule has 3 aromatic carbocycles. The van der Waals surface area contributed by atoms with Crippen molar-refractivity contribution in [2.24, 2.45) is 0 Å². The third-order valence-corrected chi connectivity index (χ3v) is 5.70. The summed E-state index contributed by atoms with van der Waals surface area (Å²) in [6, 6.07) is 23.9. The number of para-hydroxylation sites is 3. The second kappa shape index (κ2) is 11.2. The Labute approximate surface area is 216 Å². The SMILES string of the molecule is CC(C)(C)OC(=O)NC(=N)C1Oc2ccccc2C1CCNC(=O)c1ccccc1Oc1ccccc1. The average Bonchev–Trinajstić information content (AvgIpc) is 3.22. The van der Waals surface area contributed by atoms with Crippen LogP contribution in [0.3, 0.4) is 0 Å². The number of ether oxygens (including phenoxy) is 3. The largest absolute Gasteiger partial charge is 0.482 e. The molecule has 192 valence electrons. The number of fused-ring (bicyclic) bond motifs is 1. The van der Waals surface area contributed by atoms with E-state index in [1.807, 2.05) is 60.7 Å². The number of alkyl carbamates (subject to hydrolysis) is 1. The molecule has 0 saturated heterocycles. The Hall–Kier alpha value is -4.33. The Kier molecular flexibility index (Phi) is 7.77. The van der Waals surface area contributed by atoms with Gasteiger partial charge in [-0.25, -0.2) is 4.79 Å². The highest BCUT2D eigenvalue weighted by atomic mass is 16.6. The first kappa shape index (κ1) is 25.8. The maximum atomic E-state index is 13.0. The maximum absolute atomic E-state index is 13.0. The van der Waals surface area contributed by atoms with Crippen LogP contribution in [0.25, 0.3) is 0 Å². The number of hydrogen-bond donors (Lipinski definition) is 3. The number of carbonyl (C=O) groups excluding carboxylic acids is 2. The zero-order valence-electron chi connectivity index (χ0n) is 21.1. The van der Waals surface area contributed by atoms with Gasteiger partial charge in [0.15, 0.2) is 6.10 Å². The Morgan fingerprint density at radius 1 is 0.946 bits per heavy atom. The van der Waals surface area contributed by atoms with Crippen molar-refractivity contribution in [1.82, 2.24) is 10.6 Å². The minimum absolute atomic E-state index is 0.0941. The third kappa shape index (κ3) is 6.67. The van der Waals surface area contributed by atoms with Gasteiger partial charge in [-0.05, 0) is 57.5 Å². The summed E-state index contributed by atoms with van der Waals surface area (Å²) in [6.07, 6.45) is -0.928. The van der Waals surface area contributed by atoms with Crippen molar-refractivity contribution in [3.63, 3.8) is 0 Å². The lowest BCUT2D eigenvalue weighted by atomic mass is 9.91. The topological polar surface area (TPSA) is 110 Å². The summed E-state index contributed by atoms with van der Waals surface area (Å²) in [4.78, 5) is 25.3. The monoisotopic (exact) mass is 501 g/mol. The van der Waals surface area contributed by atoms with Crippen LogP contribution in [0.1, 0.15) is 49.0 Å². The van der Waals surface area contributed by atoms with E-state index in [4.69, 9.17) is 19.6 Å². The molecule has 1 heterocycles. The zero-order chi connectivity index (χ0) is 26.4. The molecule has 2 amide bonds. The molecule has 8 nitrogen and oxygen atoms in total. The fraction of sp³-hybridized carbons (Fsp3) is 0.276. The summed E-state index contributed by atoms with van der Waals surface area (Å²) in [5.74, 6) is 1.15. The van der Waals surface area contributed by atoms with E-state index in [-0.39, 0.29) is 17.7 Å². The van der Waals surface area contributed by atoms with Crippen LogP contribution < -0.4 is 20.1 Å². The normalized spacial score (nSPS) is 16.2. The summed E-state index contributed by atoms with van der Waals surface area (Å²) in [5, 5.41) is 13.9. The maximum Gasteiger partial charge on any atom is 0.413 e. The summed E-state index contributed by atoms with van der Waals surface area (Å²) < 4.78 is 17.2. The number of nitrogens with one attached hydrogen (secondary N) is 3. The van der Waals surface area contributed by atoms with E-state index in [9.17, 15) is 9.59 Å². The highest BCUT2D eigenvalue weighted by Crippen LogP contribution is 2.40. The van der Waals surface area contributed by atoms with Gasteiger partial charge < -0.3 is 19.5 Å². The fourth-order valence-corrected chi connectivity index (χ4v) is 4.12. The zero-order valence-corrected chi connectivity index (χ0v) is 21.1. The minimum atomic E-state index is -0.712. The Morgan fingerprint density at radius 3 is 2.38 bits per heavy atom. The number of rotatable bonds is 7. The molecule has 1 aliphatic heterocycles. The molecule has 4 rings (SSSR count). The predicted molar refractivity (Wildman–Crippen MR) is 141 cm³/mol. The highest BCUT2D eigenvalue weighted by molar-refractivity contribution is 5.98. The van der Waals surface area contributed by atoms with Crippen molar-refractivity contribution in [2.45, 2.75) is 44.8 Å². The molecule has 1 aliphatic rings. The van der Waals surface area contributed by atoms with Crippen LogP contribution in [0.5, 0.6) is 17.2 Å². The molecule has 0 spiro atoms. The summed E-state index contributed by atoms with van der Waals surface area (Å²) in [5.41, 5.74) is 0.657. The summed E-state index contributed by atoms with van der Waals surface area (Å²) in [6.45, 7) is 5.60. The molecule has 0 saturated carbocycles. The van der Waals surface area contributed by atoms with Crippen LogP contribution in [0.4, 0.5) is 4.79 Å². The molecule has 2 unspecified atom stereocenters. The van der Waals surface area contributed by atoms with E-state index in [0.29, 0.717) is 35.8 Å². The van der Waals surface area contributed by atoms with Crippen molar-refractivity contribution in [3.8, 4) is 17.2 Å². The fourth-order valence-electron chi connectivity index (χ4n) is 4.12. The molecule has 2 atom stereocenters. The lowest BCUT2D eigenvalue weighted by Crippen LogP contribution is -2.44. The van der Waals surface area contributed by atoms with Crippen molar-refractivity contribution < 1.29 is 23.8 Å². The van der Waals surface area contributed by atoms with Gasteiger partial charge in [-0.2, -0.15) is 0 Å². The van der Waals surface area contributed by atoms with Gasteiger partial charge in [0.2, 0.25) is 0 Å². The van der Waals surface area contributed by atoms with E-state index in [2.05, 4.69) is 10.6 Å². The molecular formula is C29H31N3O5. The van der Waals surface area contributed by atoms with E-state index in [0.717, 1.165) is 5.56 Å². The van der Waals surface area contributed by atoms with Crippen LogP contribution in [0.15, 0.2) is 78.9 Å². The number of benzene rings is 3. The first-order valence-corrected chi connectivity index (χ1v) is 12.2. The molecule has 0 aromatic heterocycles. The first-order valence-electron chi connectivity index (χ1n) is 12.2. The van der Waals surface area contributed by atoms with Crippen molar-refractivity contribution in [3.05, 3.63) is 90.0 Å². The van der Waals surface area contributed by atoms with Crippen molar-refractivity contribution in [1.29, 1.82) is 5.41 Å². The van der Waals surface area contributed by atoms with Crippen molar-refractivity contribution >= 4 is 17.8 Å². The Balaban J connectivity index is 1.42. The lowest BCUT2D eigenvalue weighted by Gasteiger charge is -2.23. The lowest BCUT2D eigenvalue weighted by molar-refractivity contribution is 0.0556. The third-order valence-electron chi connectivity index (χ3n) is 5.70. The minimum Gasteiger partial charge on any atom is -0.482 e. The summed E-state index contributed by atoms with van der Waals surface area (Å²) >= 11 is 0. The van der Waals surface area contributed by atoms with Gasteiger partial charge in [-0.15, -0.1) is 0 Å². The molecule has 3 N–H and O–H groups in total. The van der Waals surface area contributed by atoms with Crippen molar-refractivity contribution in [2.75, 3.05) is 6.54 Å². The summed E-state index contributed by atoms with van der Waals surface area (Å²) in [7, 11) is 0. The quantitative estimate of drug-likeness (QED) is 0.286. The molecule has 3 aromatic rings. The number of carbonyl (C=O) groups is 2. The number of hydrogen-bond acceptors (Lipinski definition) is 6. The number of amides is 2. The standard InChI is InChI=1S/C29H31N3O5/c1-29(2,3)37-28(34)32-26(30)25-21(20-13-7-9-15-23(20)36-25)17-18-31-27(33)22-14-8-10-16-24(22)35-19-11-5-4-6-12-19/h4-16,21,25H,17-18H2,1-3H3,(H,31,33)(H2,30,32,34). The van der Waals surface area contributed by atoms with E-state index in [1.54, 1.807) is 39.0 Å². The molecule has 0 bridgehead atoms. The molecule has 0 radical (unpaired) electrons. The van der Waals surface area contributed by atoms with Crippen LogP contribution in [-0.4, -0.2) is 36.1 Å². The Morgan fingerprint density at radius 2 is 1.62 bits per heavy atom. The molecule has 37 heavy (non-hydrogen) atoms. The molecular weight excluding hydrogens is 470 g/mol. The highest BCUT2D eigenvalue weighted by Gasteiger charge is 2.38. The average molecular weight is 502 g/mol. The van der Waals surface area contributed by atoms with E-state index < -0.39 is 17.8 Å². The van der Waals surface area contributed by atoms with Gasteiger partial charge >= 0.3 is 6.09 Å². The number of amidine groups is 1. The molecule has 0 aliphatic carbocycles. The van der Waals surface area contributed by atoms with E-state index >= 15 is 0 Å². The van der Waals surface area contributed by atoms with Gasteiger partial charge in [-0.1, -0.05) is 48.5 Å². The van der Waals surface area contributed by atoms with Gasteiger partial charge in [0.05, 0.1) is 5.56 Å². The smallest absolute Gasteiger partial charge is 0.413 e. The van der Waals surface area contributed by atoms with Gasteiger partial charge in [0, 0.05) is 18.0 Å². The van der Waals surface area contributed by atoms with Gasteiger partial charge in [-0.3, -0.25) is 15.5 Å². The van der Waals surface area contributed by atoms with Crippen LogP contribution >= 0.6 is 0 Å². The molecule has 8 heteroatoms. The van der Waals surface area contributed by atoms with Crippen LogP contribution in [0.2, 0.25) is 0 Å². The predicted octanol–water partition coefficient (Wildman–Crippen LogP) is 5.65. The Bertz CT molecular complexity index is 1270. The first-order chi connectivity index (χ1) is 17.7. The van der Waals surface area contributed by atoms with Crippen LogP contribution in [-0.2, 0) is 4.74 Å². The van der Waals surface area contributed by atoms with E-state index in [1.165, 1.54) is 0 Å². The second-order valence-electron chi connectivity index (χ2n) is 9.68. The van der Waals surface area contributed by atoms with Crippen LogP contribution in [0, 0.1) is 5.41 Å². The molecule has 0 fully saturated rings.